The van der Waals surface area contributed by atoms with E-state index < -0.39 is 0 Å². The average molecular weight is 684 g/mol. The third-order valence-electron chi connectivity index (χ3n) is 12.0. The molecule has 15 nitrogen and oxygen atoms in total. The summed E-state index contributed by atoms with van der Waals surface area (Å²) in [7, 11) is 0. The second kappa shape index (κ2) is 11.6. The number of nitrogens with zero attached hydrogens (tertiary/aromatic N) is 9. The molecular formula is C35H45N11O4. The number of rotatable bonds is 10. The van der Waals surface area contributed by atoms with Crippen molar-refractivity contribution in [2.45, 2.75) is 109 Å². The van der Waals surface area contributed by atoms with Gasteiger partial charge in [-0.3, -0.25) is 19.1 Å². The molecule has 5 saturated carbocycles. The minimum Gasteiger partial charge on any atom is -0.504 e. The highest BCUT2D eigenvalue weighted by Crippen LogP contribution is 2.70. The summed E-state index contributed by atoms with van der Waals surface area (Å²) in [4.78, 5) is 53.7. The number of pyridine rings is 1. The molecule has 4 N–H and O–H groups in total. The molecule has 0 unspecified atom stereocenters. The minimum absolute atomic E-state index is 0.0239. The Morgan fingerprint density at radius 3 is 2.50 bits per heavy atom. The van der Waals surface area contributed by atoms with E-state index in [1.54, 1.807) is 22.6 Å². The number of aryl methyl sites for hydroxylation is 1. The van der Waals surface area contributed by atoms with Crippen molar-refractivity contribution in [3.63, 3.8) is 0 Å². The summed E-state index contributed by atoms with van der Waals surface area (Å²) in [5.41, 5.74) is 8.44. The highest BCUT2D eigenvalue weighted by Gasteiger charge is 2.69. The number of amides is 2. The van der Waals surface area contributed by atoms with Gasteiger partial charge in [-0.1, -0.05) is 20.8 Å². The van der Waals surface area contributed by atoms with Crippen LogP contribution in [0.3, 0.4) is 0 Å². The van der Waals surface area contributed by atoms with Gasteiger partial charge in [-0.05, 0) is 69.6 Å². The highest BCUT2D eigenvalue weighted by atomic mass is 16.3. The van der Waals surface area contributed by atoms with Crippen LogP contribution in [0.5, 0.6) is 5.75 Å². The molecule has 50 heavy (non-hydrogen) atoms. The first-order valence-electron chi connectivity index (χ1n) is 17.8. The van der Waals surface area contributed by atoms with Crippen molar-refractivity contribution in [2.24, 2.45) is 21.6 Å². The second-order valence-electron chi connectivity index (χ2n) is 15.3. The predicted molar refractivity (Wildman–Crippen MR) is 185 cm³/mol. The number of hydrogen-bond acceptors (Lipinski definition) is 11. The lowest BCUT2D eigenvalue weighted by atomic mass is 9.36. The van der Waals surface area contributed by atoms with Crippen molar-refractivity contribution in [3.05, 3.63) is 46.0 Å². The van der Waals surface area contributed by atoms with E-state index in [2.05, 4.69) is 49.4 Å². The summed E-state index contributed by atoms with van der Waals surface area (Å²) < 4.78 is 3.59. The summed E-state index contributed by atoms with van der Waals surface area (Å²) in [5, 5.41) is 27.0. The van der Waals surface area contributed by atoms with E-state index in [0.717, 1.165) is 44.9 Å². The standard InChI is InChI=1S/C35H45N11O4/c1-5-23-29(43-10-11-44(25-9-8-24(25)43)33(50)28-30(48)20(4)37-18-38-28)31(49)27(42-41-21-12-39-46(13-21)22-6-7-22)32(36)45(23)14-26(47)40-35-15-34(16-35,17-35)19(2)3/h12-13,18-19,22,24-25,48H,5-11,14-17,36H2,1-4H3,(H,40,47)/t24-,25-,34?,35?/m0/s1. The molecule has 1 saturated heterocycles. The van der Waals surface area contributed by atoms with E-state index in [0.29, 0.717) is 59.6 Å². The van der Waals surface area contributed by atoms with E-state index in [1.165, 1.54) is 6.33 Å². The van der Waals surface area contributed by atoms with E-state index in [9.17, 15) is 19.5 Å². The number of piperazine rings is 1. The Balaban J connectivity index is 1.13. The van der Waals surface area contributed by atoms with Crippen LogP contribution in [0, 0.1) is 18.3 Å². The molecule has 3 aromatic rings. The largest absolute Gasteiger partial charge is 0.504 e. The lowest BCUT2D eigenvalue weighted by molar-refractivity contribution is -0.187. The van der Waals surface area contributed by atoms with Gasteiger partial charge in [0.2, 0.25) is 11.3 Å². The Morgan fingerprint density at radius 1 is 1.10 bits per heavy atom. The zero-order valence-corrected chi connectivity index (χ0v) is 29.1. The van der Waals surface area contributed by atoms with E-state index >= 15 is 0 Å². The molecule has 4 heterocycles. The minimum atomic E-state index is -0.362. The third-order valence-corrected chi connectivity index (χ3v) is 12.0. The molecule has 5 aliphatic carbocycles. The maximum absolute atomic E-state index is 14.5. The molecule has 1 aliphatic heterocycles. The first-order chi connectivity index (χ1) is 23.9. The first kappa shape index (κ1) is 32.4. The molecule has 0 radical (unpaired) electrons. The van der Waals surface area contributed by atoms with E-state index in [4.69, 9.17) is 5.73 Å². The molecule has 2 bridgehead atoms. The molecular weight excluding hydrogens is 638 g/mol. The summed E-state index contributed by atoms with van der Waals surface area (Å²) in [6.45, 7) is 8.69. The summed E-state index contributed by atoms with van der Waals surface area (Å²) in [6.07, 6.45) is 11.7. The fourth-order valence-electron chi connectivity index (χ4n) is 8.84. The van der Waals surface area contributed by atoms with Crippen LogP contribution in [-0.4, -0.2) is 76.8 Å². The van der Waals surface area contributed by atoms with Gasteiger partial charge in [0.15, 0.2) is 17.1 Å². The van der Waals surface area contributed by atoms with Crippen LogP contribution in [-0.2, 0) is 17.8 Å². The molecule has 264 valence electrons. The van der Waals surface area contributed by atoms with Gasteiger partial charge >= 0.3 is 0 Å². The van der Waals surface area contributed by atoms with Crippen LogP contribution in [0.1, 0.15) is 93.6 Å². The maximum Gasteiger partial charge on any atom is 0.276 e. The molecule has 3 aromatic heterocycles. The Bertz CT molecular complexity index is 1960. The molecule has 2 atom stereocenters. The topological polar surface area (TPSA) is 189 Å². The number of fused-ring (bicyclic) bond motifs is 1. The first-order valence-corrected chi connectivity index (χ1v) is 17.8. The summed E-state index contributed by atoms with van der Waals surface area (Å²) in [6, 6.07) is 0.0199. The Hall–Kier alpha value is -4.82. The van der Waals surface area contributed by atoms with Crippen LogP contribution in [0.15, 0.2) is 33.7 Å². The Labute approximate surface area is 290 Å². The fourth-order valence-corrected chi connectivity index (χ4v) is 8.84. The molecule has 2 amide bonds. The SMILES string of the molecule is CCc1c(N2CCN(C(=O)c3ncnc(C)c3O)[C@H]3CC[C@@H]32)c(=O)c(N=Nc2cnn(C3CC3)c2)c(N)n1CC(=O)NC12CC(C(C)C)(C1)C2. The number of carbonyl (C=O) groups is 2. The van der Waals surface area contributed by atoms with Crippen molar-refractivity contribution >= 4 is 34.7 Å². The van der Waals surface area contributed by atoms with Crippen molar-refractivity contribution in [2.75, 3.05) is 23.7 Å². The number of azo groups is 1. The van der Waals surface area contributed by atoms with Crippen molar-refractivity contribution in [3.8, 4) is 5.75 Å². The predicted octanol–water partition coefficient (Wildman–Crippen LogP) is 3.93. The van der Waals surface area contributed by atoms with Crippen LogP contribution >= 0.6 is 0 Å². The van der Waals surface area contributed by atoms with Crippen LogP contribution in [0.25, 0.3) is 0 Å². The van der Waals surface area contributed by atoms with Crippen LogP contribution in [0.4, 0.5) is 22.9 Å². The molecule has 6 fully saturated rings. The maximum atomic E-state index is 14.5. The quantitative estimate of drug-likeness (QED) is 0.266. The molecule has 9 rings (SSSR count). The third kappa shape index (κ3) is 5.06. The molecule has 15 heteroatoms. The van der Waals surface area contributed by atoms with Gasteiger partial charge in [0.25, 0.3) is 5.91 Å². The Kier molecular flexibility index (Phi) is 7.53. The summed E-state index contributed by atoms with van der Waals surface area (Å²) >= 11 is 0. The molecule has 0 aromatic carbocycles. The highest BCUT2D eigenvalue weighted by molar-refractivity contribution is 5.95. The van der Waals surface area contributed by atoms with Gasteiger partial charge in [-0.25, -0.2) is 9.97 Å². The van der Waals surface area contributed by atoms with Crippen molar-refractivity contribution in [1.29, 1.82) is 0 Å². The monoisotopic (exact) mass is 683 g/mol. The van der Waals surface area contributed by atoms with Gasteiger partial charge in [0.1, 0.15) is 30.1 Å². The zero-order valence-electron chi connectivity index (χ0n) is 29.1. The lowest BCUT2D eigenvalue weighted by Gasteiger charge is -2.72. The van der Waals surface area contributed by atoms with Crippen molar-refractivity contribution < 1.29 is 14.7 Å². The van der Waals surface area contributed by atoms with Gasteiger partial charge in [-0.2, -0.15) is 5.10 Å². The normalized spacial score (nSPS) is 26.7. The van der Waals surface area contributed by atoms with Crippen LogP contribution in [0.2, 0.25) is 0 Å². The number of aromatic nitrogens is 5. The number of anilines is 2. The Morgan fingerprint density at radius 2 is 1.84 bits per heavy atom. The number of aromatic hydroxyl groups is 1. The van der Waals surface area contributed by atoms with E-state index in [1.807, 2.05) is 17.8 Å². The number of nitrogens with two attached hydrogens (primary N) is 1. The van der Waals surface area contributed by atoms with Gasteiger partial charge < -0.3 is 30.5 Å². The van der Waals surface area contributed by atoms with Crippen LogP contribution < -0.4 is 21.4 Å². The van der Waals surface area contributed by atoms with E-state index in [-0.39, 0.29) is 64.4 Å². The fraction of sp³-hybridized carbons (Fsp3) is 0.600. The van der Waals surface area contributed by atoms with Gasteiger partial charge in [0.05, 0.1) is 30.2 Å². The lowest BCUT2D eigenvalue weighted by Crippen LogP contribution is -2.76. The zero-order chi connectivity index (χ0) is 35.1. The average Bonchev–Trinajstić information content (AvgIpc) is 3.77. The number of nitrogens with one attached hydrogen (secondary N) is 1. The number of nitrogen functional groups attached to an aromatic ring is 1. The molecule has 0 spiro atoms. The molecule has 6 aliphatic rings. The van der Waals surface area contributed by atoms with Gasteiger partial charge in [0, 0.05) is 30.4 Å². The van der Waals surface area contributed by atoms with Gasteiger partial charge in [-0.15, -0.1) is 10.2 Å². The summed E-state index contributed by atoms with van der Waals surface area (Å²) in [5.74, 6) is -0.0630. The number of carbonyl (C=O) groups excluding carboxylic acids is 2. The second-order valence-corrected chi connectivity index (χ2v) is 15.3. The van der Waals surface area contributed by atoms with Crippen molar-refractivity contribution in [1.82, 2.24) is 34.5 Å². The smallest absolute Gasteiger partial charge is 0.276 e. The number of hydrogen-bond donors (Lipinski definition) is 3.